The van der Waals surface area contributed by atoms with E-state index in [1.807, 2.05) is 13.0 Å². The van der Waals surface area contributed by atoms with Gasteiger partial charge in [0.1, 0.15) is 11.5 Å². The molecule has 3 rings (SSSR count). The molecule has 7 nitrogen and oxygen atoms in total. The van der Waals surface area contributed by atoms with Crippen molar-refractivity contribution in [1.82, 2.24) is 9.62 Å². The molecule has 1 aliphatic rings. The van der Waals surface area contributed by atoms with Crippen LogP contribution in [-0.4, -0.2) is 45.9 Å². The number of nitrogens with one attached hydrogen (secondary N) is 1. The van der Waals surface area contributed by atoms with Gasteiger partial charge in [-0.05, 0) is 62.6 Å². The Kier molecular flexibility index (Phi) is 7.79. The quantitative estimate of drug-likeness (QED) is 0.673. The van der Waals surface area contributed by atoms with Crippen molar-refractivity contribution in [3.8, 4) is 11.5 Å². The average Bonchev–Trinajstić information content (AvgIpc) is 3.09. The molecule has 0 aliphatic carbocycles. The molecule has 1 fully saturated rings. The van der Waals surface area contributed by atoms with Crippen molar-refractivity contribution in [1.29, 1.82) is 0 Å². The summed E-state index contributed by atoms with van der Waals surface area (Å²) in [5.74, 6) is 0.935. The van der Waals surface area contributed by atoms with E-state index in [1.54, 1.807) is 49.7 Å². The third-order valence-electron chi connectivity index (χ3n) is 5.88. The van der Waals surface area contributed by atoms with Crippen LogP contribution >= 0.6 is 0 Å². The molecule has 1 N–H and O–H groups in total. The molecular weight excluding hydrogens is 428 g/mol. The lowest BCUT2D eigenvalue weighted by molar-refractivity contribution is 0.0939. The molecule has 1 atom stereocenters. The summed E-state index contributed by atoms with van der Waals surface area (Å²) in [5.41, 5.74) is 1.70. The number of aryl methyl sites for hydroxylation is 1. The molecule has 0 spiro atoms. The van der Waals surface area contributed by atoms with Crippen LogP contribution in [0, 0.1) is 6.92 Å². The van der Waals surface area contributed by atoms with Gasteiger partial charge in [0.25, 0.3) is 5.91 Å². The topological polar surface area (TPSA) is 84.9 Å². The van der Waals surface area contributed by atoms with Crippen LogP contribution in [0.15, 0.2) is 41.3 Å². The van der Waals surface area contributed by atoms with Gasteiger partial charge >= 0.3 is 0 Å². The number of amides is 1. The van der Waals surface area contributed by atoms with E-state index in [0.29, 0.717) is 35.7 Å². The Labute approximate surface area is 190 Å². The maximum atomic E-state index is 13.3. The summed E-state index contributed by atoms with van der Waals surface area (Å²) in [6.07, 6.45) is 3.80. The fraction of sp³-hybridized carbons (Fsp3) is 0.458. The van der Waals surface area contributed by atoms with Crippen molar-refractivity contribution < 1.29 is 22.7 Å². The van der Waals surface area contributed by atoms with Crippen molar-refractivity contribution in [2.75, 3.05) is 27.3 Å². The lowest BCUT2D eigenvalue weighted by atomic mass is 10.1. The van der Waals surface area contributed by atoms with E-state index in [-0.39, 0.29) is 16.8 Å². The van der Waals surface area contributed by atoms with E-state index in [0.717, 1.165) is 31.2 Å². The van der Waals surface area contributed by atoms with Crippen LogP contribution < -0.4 is 14.8 Å². The Morgan fingerprint density at radius 3 is 2.31 bits per heavy atom. The monoisotopic (exact) mass is 460 g/mol. The highest BCUT2D eigenvalue weighted by atomic mass is 32.2. The summed E-state index contributed by atoms with van der Waals surface area (Å²) in [5, 5.41) is 2.94. The summed E-state index contributed by atoms with van der Waals surface area (Å²) in [6, 6.07) is 9.84. The summed E-state index contributed by atoms with van der Waals surface area (Å²) < 4.78 is 38.8. The highest BCUT2D eigenvalue weighted by Crippen LogP contribution is 2.30. The fourth-order valence-corrected chi connectivity index (χ4v) is 5.74. The van der Waals surface area contributed by atoms with Crippen LogP contribution in [0.5, 0.6) is 11.5 Å². The van der Waals surface area contributed by atoms with Gasteiger partial charge in [0.2, 0.25) is 10.0 Å². The van der Waals surface area contributed by atoms with Gasteiger partial charge in [0.15, 0.2) is 0 Å². The third-order valence-corrected chi connectivity index (χ3v) is 7.92. The van der Waals surface area contributed by atoms with Crippen LogP contribution in [0.4, 0.5) is 0 Å². The molecule has 2 aromatic carbocycles. The highest BCUT2D eigenvalue weighted by molar-refractivity contribution is 7.89. The molecule has 0 bridgehead atoms. The first-order chi connectivity index (χ1) is 15.3. The van der Waals surface area contributed by atoms with E-state index in [1.165, 1.54) is 6.07 Å². The van der Waals surface area contributed by atoms with Gasteiger partial charge in [-0.25, -0.2) is 8.42 Å². The van der Waals surface area contributed by atoms with Crippen molar-refractivity contribution in [2.45, 2.75) is 50.5 Å². The van der Waals surface area contributed by atoms with Crippen molar-refractivity contribution in [3.05, 3.63) is 53.1 Å². The number of benzene rings is 2. The minimum atomic E-state index is -3.66. The second kappa shape index (κ2) is 10.4. The van der Waals surface area contributed by atoms with Crippen LogP contribution in [0.2, 0.25) is 0 Å². The van der Waals surface area contributed by atoms with Crippen LogP contribution in [0.3, 0.4) is 0 Å². The molecular formula is C24H32N2O5S. The number of nitrogens with zero attached hydrogens (tertiary/aromatic N) is 1. The van der Waals surface area contributed by atoms with Crippen molar-refractivity contribution in [3.63, 3.8) is 0 Å². The zero-order valence-corrected chi connectivity index (χ0v) is 20.0. The number of carbonyl (C=O) groups excluding carboxylic acids is 1. The second-order valence-corrected chi connectivity index (χ2v) is 10.0. The van der Waals surface area contributed by atoms with Crippen molar-refractivity contribution >= 4 is 15.9 Å². The van der Waals surface area contributed by atoms with E-state index in [9.17, 15) is 13.2 Å². The number of hydrogen-bond donors (Lipinski definition) is 1. The predicted molar refractivity (Wildman–Crippen MR) is 124 cm³/mol. The zero-order chi connectivity index (χ0) is 23.3. The minimum Gasteiger partial charge on any atom is -0.497 e. The highest BCUT2D eigenvalue weighted by Gasteiger charge is 2.28. The Morgan fingerprint density at radius 2 is 1.69 bits per heavy atom. The molecule has 0 saturated carbocycles. The number of carbonyl (C=O) groups is 1. The summed E-state index contributed by atoms with van der Waals surface area (Å²) in [7, 11) is -0.510. The molecule has 0 aromatic heterocycles. The Morgan fingerprint density at radius 1 is 1.00 bits per heavy atom. The Balaban J connectivity index is 1.85. The molecule has 1 saturated heterocycles. The second-order valence-electron chi connectivity index (χ2n) is 8.10. The van der Waals surface area contributed by atoms with Crippen molar-refractivity contribution in [2.24, 2.45) is 0 Å². The maximum Gasteiger partial charge on any atom is 0.251 e. The Hall–Kier alpha value is -2.58. The first kappa shape index (κ1) is 24.1. The van der Waals surface area contributed by atoms with E-state index in [2.05, 4.69) is 5.32 Å². The molecule has 1 heterocycles. The lowest BCUT2D eigenvalue weighted by Crippen LogP contribution is -2.33. The average molecular weight is 461 g/mol. The molecule has 0 radical (unpaired) electrons. The number of methoxy groups -OCH3 is 2. The van der Waals surface area contributed by atoms with Gasteiger partial charge in [0, 0.05) is 24.2 Å². The van der Waals surface area contributed by atoms with Gasteiger partial charge in [-0.1, -0.05) is 18.9 Å². The molecule has 1 aliphatic heterocycles. The largest absolute Gasteiger partial charge is 0.497 e. The maximum absolute atomic E-state index is 13.3. The zero-order valence-electron chi connectivity index (χ0n) is 19.2. The molecule has 1 amide bonds. The van der Waals surface area contributed by atoms with Gasteiger partial charge in [0.05, 0.1) is 25.2 Å². The molecule has 2 aromatic rings. The summed E-state index contributed by atoms with van der Waals surface area (Å²) in [4.78, 5) is 13.2. The van der Waals surface area contributed by atoms with Crippen LogP contribution in [0.25, 0.3) is 0 Å². The first-order valence-electron chi connectivity index (χ1n) is 10.9. The normalized spacial score (nSPS) is 16.1. The van der Waals surface area contributed by atoms with Gasteiger partial charge in [-0.15, -0.1) is 0 Å². The molecule has 32 heavy (non-hydrogen) atoms. The van der Waals surface area contributed by atoms with Gasteiger partial charge in [-0.3, -0.25) is 4.79 Å². The third kappa shape index (κ3) is 5.24. The molecule has 0 unspecified atom stereocenters. The lowest BCUT2D eigenvalue weighted by Gasteiger charge is -2.22. The minimum absolute atomic E-state index is 0.193. The standard InChI is InChI=1S/C24H32N2O5S/c1-17-9-10-19(15-23(17)32(28,29)26-13-7-5-6-8-14-26)24(27)25-18(2)21-16-20(30-3)11-12-22(21)31-4/h9-12,15-16,18H,5-8,13-14H2,1-4H3,(H,25,27)/t18-/m0/s1. The number of ether oxygens (including phenoxy) is 2. The van der Waals surface area contributed by atoms with Crippen LogP contribution in [0.1, 0.15) is 60.1 Å². The van der Waals surface area contributed by atoms with E-state index in [4.69, 9.17) is 9.47 Å². The predicted octanol–water partition coefficient (Wildman–Crippen LogP) is 4.07. The van der Waals surface area contributed by atoms with Gasteiger partial charge < -0.3 is 14.8 Å². The molecule has 174 valence electrons. The molecule has 8 heteroatoms. The summed E-state index contributed by atoms with van der Waals surface area (Å²) in [6.45, 7) is 4.64. The first-order valence-corrected chi connectivity index (χ1v) is 12.4. The van der Waals surface area contributed by atoms with E-state index < -0.39 is 10.0 Å². The van der Waals surface area contributed by atoms with Crippen LogP contribution in [-0.2, 0) is 10.0 Å². The summed E-state index contributed by atoms with van der Waals surface area (Å²) >= 11 is 0. The Bertz CT molecular complexity index is 1060. The van der Waals surface area contributed by atoms with E-state index >= 15 is 0 Å². The SMILES string of the molecule is COc1ccc(OC)c([C@H](C)NC(=O)c2ccc(C)c(S(=O)(=O)N3CCCCCC3)c2)c1. The fourth-order valence-electron chi connectivity index (χ4n) is 3.98. The number of hydrogen-bond acceptors (Lipinski definition) is 5. The van der Waals surface area contributed by atoms with Gasteiger partial charge in [-0.2, -0.15) is 4.31 Å². The number of sulfonamides is 1. The number of rotatable bonds is 7. The smallest absolute Gasteiger partial charge is 0.251 e.